The number of rotatable bonds is 4. The van der Waals surface area contributed by atoms with Crippen LogP contribution in [-0.2, 0) is 23.2 Å². The molecule has 0 N–H and O–H groups in total. The van der Waals surface area contributed by atoms with E-state index in [-0.39, 0.29) is 17.7 Å². The first kappa shape index (κ1) is 15.3. The van der Waals surface area contributed by atoms with Gasteiger partial charge in [0.2, 0.25) is 11.8 Å². The van der Waals surface area contributed by atoms with Gasteiger partial charge in [0.05, 0.1) is 18.6 Å². The second kappa shape index (κ2) is 6.56. The van der Waals surface area contributed by atoms with Crippen LogP contribution in [0, 0.1) is 5.92 Å². The van der Waals surface area contributed by atoms with Crippen molar-refractivity contribution in [3.63, 3.8) is 0 Å². The summed E-state index contributed by atoms with van der Waals surface area (Å²) in [6, 6.07) is 0. The number of aromatic nitrogens is 2. The smallest absolute Gasteiger partial charge is 0.245 e. The first-order valence-corrected chi connectivity index (χ1v) is 7.14. The molecule has 1 aromatic heterocycles. The molecule has 0 spiro atoms. The molecule has 0 bridgehead atoms. The van der Waals surface area contributed by atoms with Crippen molar-refractivity contribution in [2.75, 3.05) is 20.1 Å². The van der Waals surface area contributed by atoms with Gasteiger partial charge in [0.25, 0.3) is 0 Å². The average molecular weight is 290 g/mol. The summed E-state index contributed by atoms with van der Waals surface area (Å²) in [4.78, 5) is 31.5. The van der Waals surface area contributed by atoms with Crippen LogP contribution >= 0.6 is 0 Å². The third kappa shape index (κ3) is 3.51. The van der Waals surface area contributed by atoms with E-state index in [9.17, 15) is 9.59 Å². The van der Waals surface area contributed by atoms with Crippen molar-refractivity contribution in [3.05, 3.63) is 30.9 Å². The van der Waals surface area contributed by atoms with Crippen LogP contribution in [0.1, 0.15) is 18.5 Å². The second-order valence-electron chi connectivity index (χ2n) is 5.49. The quantitative estimate of drug-likeness (QED) is 0.771. The number of carbonyl (C=O) groups excluding carboxylic acids is 2. The molecule has 2 amide bonds. The van der Waals surface area contributed by atoms with Gasteiger partial charge in [0.1, 0.15) is 0 Å². The van der Waals surface area contributed by atoms with Gasteiger partial charge in [-0.15, -0.1) is 0 Å². The number of likely N-dealkylation sites (tertiary alicyclic amines) is 1. The Kier molecular flexibility index (Phi) is 4.77. The van der Waals surface area contributed by atoms with E-state index in [0.717, 1.165) is 5.69 Å². The number of nitrogens with zero attached hydrogens (tertiary/aromatic N) is 4. The highest BCUT2D eigenvalue weighted by molar-refractivity contribution is 5.87. The summed E-state index contributed by atoms with van der Waals surface area (Å²) in [5, 5.41) is 0. The lowest BCUT2D eigenvalue weighted by atomic mass is 9.95. The molecule has 0 atom stereocenters. The maximum Gasteiger partial charge on any atom is 0.245 e. The van der Waals surface area contributed by atoms with Gasteiger partial charge in [-0.2, -0.15) is 0 Å². The fraction of sp³-hybridized carbons (Fsp3) is 0.533. The minimum Gasteiger partial charge on any atom is -0.340 e. The van der Waals surface area contributed by atoms with E-state index in [4.69, 9.17) is 0 Å². The van der Waals surface area contributed by atoms with Crippen molar-refractivity contribution in [2.24, 2.45) is 13.0 Å². The van der Waals surface area contributed by atoms with E-state index in [1.807, 2.05) is 18.7 Å². The van der Waals surface area contributed by atoms with Gasteiger partial charge in [-0.1, -0.05) is 6.58 Å². The maximum absolute atomic E-state index is 12.5. The molecular weight excluding hydrogens is 268 g/mol. The standard InChI is InChI=1S/C15H22N4O2/c1-4-14(20)19-7-5-12(6-8-19)15(21)17(2)10-13-9-16-11-18(13)3/h4,9,11-12H,1,5-8,10H2,2-3H3. The summed E-state index contributed by atoms with van der Waals surface area (Å²) < 4.78 is 1.91. The van der Waals surface area contributed by atoms with Crippen LogP contribution in [0.3, 0.4) is 0 Å². The predicted octanol–water partition coefficient (Wildman–Crippen LogP) is 0.803. The maximum atomic E-state index is 12.5. The predicted molar refractivity (Wildman–Crippen MR) is 79.2 cm³/mol. The molecule has 114 valence electrons. The summed E-state index contributed by atoms with van der Waals surface area (Å²) in [6.07, 6.45) is 6.27. The van der Waals surface area contributed by atoms with Crippen LogP contribution in [0.2, 0.25) is 0 Å². The van der Waals surface area contributed by atoms with Crippen molar-refractivity contribution in [1.82, 2.24) is 19.4 Å². The van der Waals surface area contributed by atoms with Crippen LogP contribution in [-0.4, -0.2) is 51.3 Å². The SMILES string of the molecule is C=CC(=O)N1CCC(C(=O)N(C)Cc2cncn2C)CC1. The molecular formula is C15H22N4O2. The Bertz CT molecular complexity index is 530. The fourth-order valence-electron chi connectivity index (χ4n) is 2.65. The minimum atomic E-state index is -0.0517. The summed E-state index contributed by atoms with van der Waals surface area (Å²) in [7, 11) is 3.73. The molecule has 1 aliphatic rings. The number of hydrogen-bond donors (Lipinski definition) is 0. The van der Waals surface area contributed by atoms with E-state index >= 15 is 0 Å². The van der Waals surface area contributed by atoms with Gasteiger partial charge in [0.15, 0.2) is 0 Å². The first-order valence-electron chi connectivity index (χ1n) is 7.14. The number of amides is 2. The molecule has 6 nitrogen and oxygen atoms in total. The summed E-state index contributed by atoms with van der Waals surface area (Å²) in [5.74, 6) is 0.0862. The zero-order valence-electron chi connectivity index (χ0n) is 12.7. The van der Waals surface area contributed by atoms with E-state index in [1.54, 1.807) is 22.3 Å². The Labute approximate surface area is 125 Å². The Balaban J connectivity index is 1.88. The number of carbonyl (C=O) groups is 2. The van der Waals surface area contributed by atoms with Gasteiger partial charge in [-0.3, -0.25) is 9.59 Å². The van der Waals surface area contributed by atoms with Crippen LogP contribution in [0.4, 0.5) is 0 Å². The summed E-state index contributed by atoms with van der Waals surface area (Å²) >= 11 is 0. The molecule has 0 aromatic carbocycles. The third-order valence-electron chi connectivity index (χ3n) is 4.02. The molecule has 1 aliphatic heterocycles. The van der Waals surface area contributed by atoms with Crippen molar-refractivity contribution >= 4 is 11.8 Å². The zero-order chi connectivity index (χ0) is 15.4. The summed E-state index contributed by atoms with van der Waals surface area (Å²) in [6.45, 7) is 5.30. The van der Waals surface area contributed by atoms with Crippen molar-refractivity contribution in [1.29, 1.82) is 0 Å². The molecule has 0 radical (unpaired) electrons. The number of aryl methyl sites for hydroxylation is 1. The van der Waals surface area contributed by atoms with Gasteiger partial charge in [-0.05, 0) is 18.9 Å². The Morgan fingerprint density at radius 2 is 2.14 bits per heavy atom. The third-order valence-corrected chi connectivity index (χ3v) is 4.02. The Morgan fingerprint density at radius 1 is 1.48 bits per heavy atom. The topological polar surface area (TPSA) is 58.4 Å². The van der Waals surface area contributed by atoms with E-state index in [1.165, 1.54) is 6.08 Å². The van der Waals surface area contributed by atoms with Crippen molar-refractivity contribution < 1.29 is 9.59 Å². The highest BCUT2D eigenvalue weighted by Crippen LogP contribution is 2.20. The van der Waals surface area contributed by atoms with Crippen LogP contribution in [0.5, 0.6) is 0 Å². The second-order valence-corrected chi connectivity index (χ2v) is 5.49. The molecule has 1 fully saturated rings. The lowest BCUT2D eigenvalue weighted by Gasteiger charge is -2.32. The number of hydrogen-bond acceptors (Lipinski definition) is 3. The van der Waals surface area contributed by atoms with E-state index in [0.29, 0.717) is 32.5 Å². The summed E-state index contributed by atoms with van der Waals surface area (Å²) in [5.41, 5.74) is 1.00. The highest BCUT2D eigenvalue weighted by Gasteiger charge is 2.28. The molecule has 1 aromatic rings. The molecule has 1 saturated heterocycles. The number of piperidine rings is 1. The van der Waals surface area contributed by atoms with Crippen molar-refractivity contribution in [2.45, 2.75) is 19.4 Å². The minimum absolute atomic E-state index is 0.00269. The Morgan fingerprint density at radius 3 is 2.67 bits per heavy atom. The average Bonchev–Trinajstić information content (AvgIpc) is 2.91. The van der Waals surface area contributed by atoms with E-state index < -0.39 is 0 Å². The normalized spacial score (nSPS) is 15.8. The molecule has 2 heterocycles. The lowest BCUT2D eigenvalue weighted by molar-refractivity contribution is -0.138. The molecule has 21 heavy (non-hydrogen) atoms. The highest BCUT2D eigenvalue weighted by atomic mass is 16.2. The van der Waals surface area contributed by atoms with Gasteiger partial charge in [-0.25, -0.2) is 4.98 Å². The molecule has 0 unspecified atom stereocenters. The largest absolute Gasteiger partial charge is 0.340 e. The van der Waals surface area contributed by atoms with Gasteiger partial charge < -0.3 is 14.4 Å². The Hall–Kier alpha value is -2.11. The van der Waals surface area contributed by atoms with Crippen LogP contribution in [0.15, 0.2) is 25.2 Å². The van der Waals surface area contributed by atoms with Crippen LogP contribution in [0.25, 0.3) is 0 Å². The van der Waals surface area contributed by atoms with Crippen LogP contribution < -0.4 is 0 Å². The van der Waals surface area contributed by atoms with Crippen molar-refractivity contribution in [3.8, 4) is 0 Å². The lowest BCUT2D eigenvalue weighted by Crippen LogP contribution is -2.42. The number of imidazole rings is 1. The monoisotopic (exact) mass is 290 g/mol. The van der Waals surface area contributed by atoms with Gasteiger partial charge >= 0.3 is 0 Å². The zero-order valence-corrected chi connectivity index (χ0v) is 12.7. The molecule has 6 heteroatoms. The fourth-order valence-corrected chi connectivity index (χ4v) is 2.65. The van der Waals surface area contributed by atoms with E-state index in [2.05, 4.69) is 11.6 Å². The molecule has 2 rings (SSSR count). The van der Waals surface area contributed by atoms with Gasteiger partial charge in [0, 0.05) is 39.3 Å². The molecule has 0 aliphatic carbocycles. The first-order chi connectivity index (χ1) is 10.0. The molecule has 0 saturated carbocycles.